The molecular formula is C11H8ClN3O5S. The zero-order valence-electron chi connectivity index (χ0n) is 10.2. The van der Waals surface area contributed by atoms with Crippen LogP contribution in [0.25, 0.3) is 0 Å². The normalized spacial score (nSPS) is 11.1. The van der Waals surface area contributed by atoms with Gasteiger partial charge in [-0.3, -0.25) is 14.8 Å². The van der Waals surface area contributed by atoms with Crippen LogP contribution >= 0.6 is 11.6 Å². The van der Waals surface area contributed by atoms with E-state index in [1.807, 2.05) is 4.72 Å². The highest BCUT2D eigenvalue weighted by Crippen LogP contribution is 2.29. The minimum absolute atomic E-state index is 0.0290. The summed E-state index contributed by atoms with van der Waals surface area (Å²) in [7, 11) is -4.30. The van der Waals surface area contributed by atoms with Crippen molar-refractivity contribution >= 4 is 33.1 Å². The molecule has 1 aromatic carbocycles. The Morgan fingerprint density at radius 3 is 2.67 bits per heavy atom. The summed E-state index contributed by atoms with van der Waals surface area (Å²) in [5.74, 6) is -0.737. The molecule has 0 aliphatic rings. The second-order valence-electron chi connectivity index (χ2n) is 3.85. The molecule has 0 atom stereocenters. The first-order valence-electron chi connectivity index (χ1n) is 5.42. The van der Waals surface area contributed by atoms with E-state index < -0.39 is 31.3 Å². The van der Waals surface area contributed by atoms with E-state index in [0.717, 1.165) is 12.1 Å². The molecule has 0 amide bonds. The number of nitro groups is 1. The zero-order chi connectivity index (χ0) is 15.6. The molecule has 0 spiro atoms. The fourth-order valence-corrected chi connectivity index (χ4v) is 2.86. The number of sulfonamides is 1. The molecule has 1 heterocycles. The molecule has 0 fully saturated rings. The molecule has 10 heteroatoms. The predicted octanol–water partition coefficient (Wildman–Crippen LogP) is 2.15. The van der Waals surface area contributed by atoms with Gasteiger partial charge in [-0.25, -0.2) is 13.4 Å². The van der Waals surface area contributed by atoms with Crippen molar-refractivity contribution in [1.82, 2.24) is 4.98 Å². The molecule has 21 heavy (non-hydrogen) atoms. The van der Waals surface area contributed by atoms with Crippen molar-refractivity contribution in [1.29, 1.82) is 0 Å². The van der Waals surface area contributed by atoms with Crippen molar-refractivity contribution in [3.63, 3.8) is 0 Å². The molecule has 0 saturated heterocycles. The van der Waals surface area contributed by atoms with Gasteiger partial charge in [0.1, 0.15) is 0 Å². The standard InChI is InChI=1S/C11H8ClN3O5S/c12-7-3-4-10(8(6-7)15(17)18)21(19,20)14-11-9(16)2-1-5-13-11/h1-6,16H,(H,13,14). The maximum absolute atomic E-state index is 12.2. The molecule has 0 aliphatic heterocycles. The van der Waals surface area contributed by atoms with Crippen LogP contribution < -0.4 is 4.72 Å². The fraction of sp³-hybridized carbons (Fsp3) is 0. The van der Waals surface area contributed by atoms with E-state index in [1.165, 1.54) is 24.4 Å². The van der Waals surface area contributed by atoms with Crippen LogP contribution in [-0.4, -0.2) is 23.4 Å². The molecule has 0 bridgehead atoms. The van der Waals surface area contributed by atoms with Crippen LogP contribution in [0.3, 0.4) is 0 Å². The molecule has 0 aliphatic carbocycles. The van der Waals surface area contributed by atoms with E-state index in [2.05, 4.69) is 4.98 Å². The van der Waals surface area contributed by atoms with Crippen LogP contribution in [0.1, 0.15) is 0 Å². The maximum Gasteiger partial charge on any atom is 0.291 e. The molecule has 110 valence electrons. The van der Waals surface area contributed by atoms with Gasteiger partial charge >= 0.3 is 0 Å². The highest BCUT2D eigenvalue weighted by molar-refractivity contribution is 7.92. The van der Waals surface area contributed by atoms with Gasteiger partial charge in [-0.1, -0.05) is 11.6 Å². The molecule has 2 rings (SSSR count). The monoisotopic (exact) mass is 329 g/mol. The molecule has 0 radical (unpaired) electrons. The summed E-state index contributed by atoms with van der Waals surface area (Å²) in [5.41, 5.74) is -0.676. The number of nitrogens with one attached hydrogen (secondary N) is 1. The van der Waals surface area contributed by atoms with Crippen molar-refractivity contribution in [2.75, 3.05) is 4.72 Å². The Balaban J connectivity index is 2.50. The Kier molecular flexibility index (Phi) is 3.96. The molecule has 2 aromatic rings. The summed E-state index contributed by atoms with van der Waals surface area (Å²) in [4.78, 5) is 13.1. The molecule has 0 saturated carbocycles. The van der Waals surface area contributed by atoms with Crippen molar-refractivity contribution in [2.24, 2.45) is 0 Å². The topological polar surface area (TPSA) is 122 Å². The fourth-order valence-electron chi connectivity index (χ4n) is 1.52. The lowest BCUT2D eigenvalue weighted by Gasteiger charge is -2.08. The Morgan fingerprint density at radius 1 is 1.33 bits per heavy atom. The van der Waals surface area contributed by atoms with Crippen LogP contribution in [0.4, 0.5) is 11.5 Å². The summed E-state index contributed by atoms with van der Waals surface area (Å²) in [5, 5.41) is 20.5. The molecule has 8 nitrogen and oxygen atoms in total. The van der Waals surface area contributed by atoms with E-state index in [0.29, 0.717) is 0 Å². The number of hydrogen-bond acceptors (Lipinski definition) is 6. The van der Waals surface area contributed by atoms with Crippen LogP contribution in [0.2, 0.25) is 5.02 Å². The Hall–Kier alpha value is -2.39. The second kappa shape index (κ2) is 5.54. The van der Waals surface area contributed by atoms with Crippen LogP contribution in [-0.2, 0) is 10.0 Å². The highest BCUT2D eigenvalue weighted by Gasteiger charge is 2.27. The average Bonchev–Trinajstić information content (AvgIpc) is 2.40. The van der Waals surface area contributed by atoms with Crippen LogP contribution in [0.5, 0.6) is 5.75 Å². The summed E-state index contributed by atoms with van der Waals surface area (Å²) < 4.78 is 26.3. The number of nitrogens with zero attached hydrogens (tertiary/aromatic N) is 2. The van der Waals surface area contributed by atoms with E-state index in [1.54, 1.807) is 0 Å². The number of benzene rings is 1. The predicted molar refractivity (Wildman–Crippen MR) is 74.8 cm³/mol. The Labute approximate surface area is 124 Å². The lowest BCUT2D eigenvalue weighted by molar-refractivity contribution is -0.387. The third-order valence-corrected chi connectivity index (χ3v) is 4.05. The number of rotatable bonds is 4. The maximum atomic E-state index is 12.2. The average molecular weight is 330 g/mol. The highest BCUT2D eigenvalue weighted by atomic mass is 35.5. The van der Waals surface area contributed by atoms with Gasteiger partial charge in [0.15, 0.2) is 16.5 Å². The van der Waals surface area contributed by atoms with Gasteiger partial charge in [0, 0.05) is 17.3 Å². The minimum atomic E-state index is -4.30. The van der Waals surface area contributed by atoms with E-state index >= 15 is 0 Å². The summed E-state index contributed by atoms with van der Waals surface area (Å²) in [6.07, 6.45) is 1.26. The van der Waals surface area contributed by atoms with Crippen LogP contribution in [0, 0.1) is 10.1 Å². The minimum Gasteiger partial charge on any atom is -0.504 e. The number of hydrogen-bond donors (Lipinski definition) is 2. The van der Waals surface area contributed by atoms with E-state index in [-0.39, 0.29) is 10.8 Å². The van der Waals surface area contributed by atoms with Gasteiger partial charge in [-0.15, -0.1) is 0 Å². The van der Waals surface area contributed by atoms with Crippen molar-refractivity contribution in [3.05, 3.63) is 51.7 Å². The number of anilines is 1. The second-order valence-corrected chi connectivity index (χ2v) is 5.93. The first kappa shape index (κ1) is 15.0. The number of halogens is 1. The molecular weight excluding hydrogens is 322 g/mol. The first-order chi connectivity index (χ1) is 9.81. The van der Waals surface area contributed by atoms with Crippen molar-refractivity contribution in [2.45, 2.75) is 4.90 Å². The number of aromatic hydroxyl groups is 1. The molecule has 1 aromatic heterocycles. The van der Waals surface area contributed by atoms with Gasteiger partial charge < -0.3 is 5.11 Å². The van der Waals surface area contributed by atoms with Crippen LogP contribution in [0.15, 0.2) is 41.4 Å². The van der Waals surface area contributed by atoms with E-state index in [9.17, 15) is 23.6 Å². The van der Waals surface area contributed by atoms with Gasteiger partial charge in [0.2, 0.25) is 0 Å². The Morgan fingerprint density at radius 2 is 2.05 bits per heavy atom. The lowest BCUT2D eigenvalue weighted by Crippen LogP contribution is -2.15. The van der Waals surface area contributed by atoms with Gasteiger partial charge in [0.05, 0.1) is 4.92 Å². The third-order valence-electron chi connectivity index (χ3n) is 2.42. The lowest BCUT2D eigenvalue weighted by atomic mass is 10.3. The van der Waals surface area contributed by atoms with Gasteiger partial charge in [-0.05, 0) is 24.3 Å². The SMILES string of the molecule is O=[N+]([O-])c1cc(Cl)ccc1S(=O)(=O)Nc1ncccc1O. The largest absolute Gasteiger partial charge is 0.504 e. The number of aromatic nitrogens is 1. The first-order valence-corrected chi connectivity index (χ1v) is 7.28. The summed E-state index contributed by atoms with van der Waals surface area (Å²) >= 11 is 5.62. The van der Waals surface area contributed by atoms with E-state index in [4.69, 9.17) is 11.6 Å². The van der Waals surface area contributed by atoms with Gasteiger partial charge in [0.25, 0.3) is 15.7 Å². The smallest absolute Gasteiger partial charge is 0.291 e. The zero-order valence-corrected chi connectivity index (χ0v) is 11.8. The molecule has 2 N–H and O–H groups in total. The number of nitro benzene ring substituents is 1. The Bertz CT molecular complexity index is 809. The van der Waals surface area contributed by atoms with Crippen molar-refractivity contribution in [3.8, 4) is 5.75 Å². The molecule has 0 unspecified atom stereocenters. The quantitative estimate of drug-likeness (QED) is 0.654. The summed E-state index contributed by atoms with van der Waals surface area (Å²) in [6, 6.07) is 5.76. The van der Waals surface area contributed by atoms with Crippen molar-refractivity contribution < 1.29 is 18.4 Å². The number of pyridine rings is 1. The van der Waals surface area contributed by atoms with Gasteiger partial charge in [-0.2, -0.15) is 0 Å². The third kappa shape index (κ3) is 3.20. The summed E-state index contributed by atoms with van der Waals surface area (Å²) in [6.45, 7) is 0.